The molecule has 1 heterocycles. The van der Waals surface area contributed by atoms with Crippen molar-refractivity contribution in [1.29, 1.82) is 0 Å². The number of aromatic nitrogens is 1. The zero-order valence-electron chi connectivity index (χ0n) is 16.1. The van der Waals surface area contributed by atoms with E-state index in [2.05, 4.69) is 15.0 Å². The molecule has 0 saturated carbocycles. The van der Waals surface area contributed by atoms with Crippen molar-refractivity contribution in [2.75, 3.05) is 19.0 Å². The van der Waals surface area contributed by atoms with Crippen LogP contribution in [-0.2, 0) is 9.53 Å². The van der Waals surface area contributed by atoms with Crippen molar-refractivity contribution < 1.29 is 24.0 Å². The third-order valence-corrected chi connectivity index (χ3v) is 4.86. The highest BCUT2D eigenvalue weighted by Crippen LogP contribution is 2.29. The average Bonchev–Trinajstić information content (AvgIpc) is 3.20. The monoisotopic (exact) mass is 427 g/mol. The minimum Gasteiger partial charge on any atom is -0.482 e. The van der Waals surface area contributed by atoms with E-state index >= 15 is 0 Å². The van der Waals surface area contributed by atoms with Crippen LogP contribution >= 0.6 is 11.3 Å². The molecule has 3 rings (SSSR count). The maximum Gasteiger partial charge on any atom is 0.343 e. The number of nitrogens with zero attached hydrogens (tertiary/aromatic N) is 2. The Kier molecular flexibility index (Phi) is 6.38. The topological polar surface area (TPSA) is 121 Å². The van der Waals surface area contributed by atoms with Crippen molar-refractivity contribution in [3.8, 4) is 17.0 Å². The fourth-order valence-electron chi connectivity index (χ4n) is 2.53. The predicted molar refractivity (Wildman–Crippen MR) is 111 cm³/mol. The van der Waals surface area contributed by atoms with E-state index in [0.29, 0.717) is 33.3 Å². The number of hydrogen-bond donors (Lipinski definition) is 1. The molecule has 0 spiro atoms. The predicted octanol–water partition coefficient (Wildman–Crippen LogP) is 3.83. The van der Waals surface area contributed by atoms with Gasteiger partial charge in [-0.15, -0.1) is 11.3 Å². The minimum atomic E-state index is -0.531. The number of ether oxygens (including phenoxy) is 2. The number of benzene rings is 2. The summed E-state index contributed by atoms with van der Waals surface area (Å²) in [5, 5.41) is 15.9. The smallest absolute Gasteiger partial charge is 0.343 e. The van der Waals surface area contributed by atoms with Gasteiger partial charge in [0.25, 0.3) is 11.6 Å². The summed E-state index contributed by atoms with van der Waals surface area (Å²) >= 11 is 1.20. The van der Waals surface area contributed by atoms with Crippen LogP contribution < -0.4 is 10.1 Å². The van der Waals surface area contributed by atoms with Gasteiger partial charge in [-0.2, -0.15) is 0 Å². The normalized spacial score (nSPS) is 10.3. The largest absolute Gasteiger partial charge is 0.482 e. The van der Waals surface area contributed by atoms with Crippen LogP contribution in [-0.4, -0.2) is 35.5 Å². The summed E-state index contributed by atoms with van der Waals surface area (Å²) in [6.45, 7) is 1.40. The second-order valence-corrected chi connectivity index (χ2v) is 7.00. The number of carbonyl (C=O) groups excluding carboxylic acids is 2. The van der Waals surface area contributed by atoms with E-state index < -0.39 is 16.8 Å². The Morgan fingerprint density at radius 1 is 1.23 bits per heavy atom. The molecule has 0 aliphatic heterocycles. The number of carbonyl (C=O) groups is 2. The van der Waals surface area contributed by atoms with Gasteiger partial charge in [0.2, 0.25) is 0 Å². The Morgan fingerprint density at radius 3 is 2.77 bits per heavy atom. The molecule has 1 amide bonds. The zero-order chi connectivity index (χ0) is 21.7. The molecule has 3 aromatic rings. The lowest BCUT2D eigenvalue weighted by Crippen LogP contribution is -2.14. The quantitative estimate of drug-likeness (QED) is 0.345. The van der Waals surface area contributed by atoms with Gasteiger partial charge in [-0.05, 0) is 25.1 Å². The number of nitro groups is 1. The van der Waals surface area contributed by atoms with E-state index in [1.54, 1.807) is 42.6 Å². The van der Waals surface area contributed by atoms with Gasteiger partial charge in [-0.3, -0.25) is 20.2 Å². The van der Waals surface area contributed by atoms with Crippen LogP contribution in [0.2, 0.25) is 0 Å². The number of nitrogens with one attached hydrogen (secondary N) is 1. The summed E-state index contributed by atoms with van der Waals surface area (Å²) in [6.07, 6.45) is 0. The van der Waals surface area contributed by atoms with Gasteiger partial charge < -0.3 is 9.47 Å². The number of aryl methyl sites for hydroxylation is 1. The van der Waals surface area contributed by atoms with Gasteiger partial charge in [-0.25, -0.2) is 9.78 Å². The molecular formula is C20H17N3O6S. The molecule has 0 aliphatic carbocycles. The molecule has 0 saturated heterocycles. The molecule has 0 atom stereocenters. The third-order valence-electron chi connectivity index (χ3n) is 4.11. The average molecular weight is 427 g/mol. The second-order valence-electron chi connectivity index (χ2n) is 6.14. The van der Waals surface area contributed by atoms with Gasteiger partial charge >= 0.3 is 5.97 Å². The first kappa shape index (κ1) is 20.9. The molecule has 9 nitrogen and oxygen atoms in total. The van der Waals surface area contributed by atoms with Gasteiger partial charge in [0.1, 0.15) is 5.75 Å². The summed E-state index contributed by atoms with van der Waals surface area (Å²) in [4.78, 5) is 38.7. The van der Waals surface area contributed by atoms with Crippen LogP contribution in [0.4, 0.5) is 10.8 Å². The van der Waals surface area contributed by atoms with Gasteiger partial charge in [-0.1, -0.05) is 18.2 Å². The van der Waals surface area contributed by atoms with Crippen LogP contribution in [0.5, 0.6) is 5.75 Å². The Bertz CT molecular complexity index is 1110. The summed E-state index contributed by atoms with van der Waals surface area (Å²) in [5.41, 5.74) is 1.99. The first-order chi connectivity index (χ1) is 14.4. The van der Waals surface area contributed by atoms with E-state index in [0.717, 1.165) is 0 Å². The standard InChI is InChI=1S/C20H17N3O6S/c1-12-6-7-13(9-17(12)23(26)27)16-11-30-20(21-16)22-19(25)14-4-3-5-15(8-14)29-10-18(24)28-2/h3-9,11H,10H2,1-2H3,(H,21,22,25). The van der Waals surface area contributed by atoms with Crippen molar-refractivity contribution in [3.05, 3.63) is 69.1 Å². The lowest BCUT2D eigenvalue weighted by Gasteiger charge is -2.07. The third kappa shape index (κ3) is 4.97. The van der Waals surface area contributed by atoms with Crippen molar-refractivity contribution in [2.45, 2.75) is 6.92 Å². The summed E-state index contributed by atoms with van der Waals surface area (Å²) in [5.74, 6) is -0.592. The van der Waals surface area contributed by atoms with Crippen LogP contribution in [0.3, 0.4) is 0 Å². The Balaban J connectivity index is 1.72. The fraction of sp³-hybridized carbons (Fsp3) is 0.150. The van der Waals surface area contributed by atoms with E-state index in [-0.39, 0.29) is 12.3 Å². The molecule has 0 radical (unpaired) electrons. The fourth-order valence-corrected chi connectivity index (χ4v) is 3.24. The first-order valence-electron chi connectivity index (χ1n) is 8.69. The Labute approximate surface area is 175 Å². The maximum atomic E-state index is 12.5. The Hall–Kier alpha value is -3.79. The number of hydrogen-bond acceptors (Lipinski definition) is 8. The molecule has 0 aliphatic rings. The number of nitro benzene ring substituents is 1. The molecule has 30 heavy (non-hydrogen) atoms. The van der Waals surface area contributed by atoms with Crippen LogP contribution in [0.15, 0.2) is 47.8 Å². The highest BCUT2D eigenvalue weighted by molar-refractivity contribution is 7.14. The lowest BCUT2D eigenvalue weighted by molar-refractivity contribution is -0.385. The lowest BCUT2D eigenvalue weighted by atomic mass is 10.1. The van der Waals surface area contributed by atoms with Crippen molar-refractivity contribution in [3.63, 3.8) is 0 Å². The summed E-state index contributed by atoms with van der Waals surface area (Å²) in [7, 11) is 1.26. The van der Waals surface area contributed by atoms with Crippen LogP contribution in [0.25, 0.3) is 11.3 Å². The van der Waals surface area contributed by atoms with Crippen LogP contribution in [0, 0.1) is 17.0 Å². The second kappa shape index (κ2) is 9.14. The number of amides is 1. The summed E-state index contributed by atoms with van der Waals surface area (Å²) in [6, 6.07) is 11.2. The van der Waals surface area contributed by atoms with E-state index in [1.807, 2.05) is 0 Å². The number of methoxy groups -OCH3 is 1. The number of anilines is 1. The zero-order valence-corrected chi connectivity index (χ0v) is 16.9. The highest BCUT2D eigenvalue weighted by Gasteiger charge is 2.15. The Morgan fingerprint density at radius 2 is 2.03 bits per heavy atom. The van der Waals surface area contributed by atoms with Gasteiger partial charge in [0.05, 0.1) is 17.7 Å². The molecule has 0 fully saturated rings. The SMILES string of the molecule is COC(=O)COc1cccc(C(=O)Nc2nc(-c3ccc(C)c([N+](=O)[O-])c3)cs2)c1. The maximum absolute atomic E-state index is 12.5. The molecule has 0 unspecified atom stereocenters. The number of rotatable bonds is 7. The van der Waals surface area contributed by atoms with E-state index in [4.69, 9.17) is 4.74 Å². The first-order valence-corrected chi connectivity index (χ1v) is 9.57. The molecule has 0 bridgehead atoms. The van der Waals surface area contributed by atoms with Gasteiger partial charge in [0.15, 0.2) is 11.7 Å². The highest BCUT2D eigenvalue weighted by atomic mass is 32.1. The van der Waals surface area contributed by atoms with Gasteiger partial charge in [0, 0.05) is 28.1 Å². The van der Waals surface area contributed by atoms with E-state index in [9.17, 15) is 19.7 Å². The van der Waals surface area contributed by atoms with Crippen molar-refractivity contribution in [2.24, 2.45) is 0 Å². The molecule has 1 N–H and O–H groups in total. The molecule has 1 aromatic heterocycles. The van der Waals surface area contributed by atoms with Crippen molar-refractivity contribution in [1.82, 2.24) is 4.98 Å². The van der Waals surface area contributed by atoms with Crippen molar-refractivity contribution >= 4 is 34.0 Å². The number of esters is 1. The van der Waals surface area contributed by atoms with E-state index in [1.165, 1.54) is 30.6 Å². The van der Waals surface area contributed by atoms with Crippen LogP contribution in [0.1, 0.15) is 15.9 Å². The molecule has 2 aromatic carbocycles. The molecule has 154 valence electrons. The number of thiazole rings is 1. The minimum absolute atomic E-state index is 0.00913. The summed E-state index contributed by atoms with van der Waals surface area (Å²) < 4.78 is 9.79. The molecular weight excluding hydrogens is 410 g/mol. The molecule has 10 heteroatoms.